The van der Waals surface area contributed by atoms with Crippen LogP contribution in [0.5, 0.6) is 0 Å². The van der Waals surface area contributed by atoms with E-state index in [1.165, 1.54) is 37.1 Å². The molecule has 1 aliphatic rings. The molecule has 1 fully saturated rings. The van der Waals surface area contributed by atoms with Crippen LogP contribution in [0.4, 0.5) is 0 Å². The average molecular weight is 263 g/mol. The first-order valence-corrected chi connectivity index (χ1v) is 8.01. The molecule has 3 heteroatoms. The summed E-state index contributed by atoms with van der Waals surface area (Å²) in [6.45, 7) is 8.82. The third kappa shape index (κ3) is 4.07. The third-order valence-electron chi connectivity index (χ3n) is 4.41. The van der Waals surface area contributed by atoms with E-state index in [-0.39, 0.29) is 0 Å². The Morgan fingerprint density at radius 3 is 2.58 bits per heavy atom. The summed E-state index contributed by atoms with van der Waals surface area (Å²) in [7, 11) is 0. The second-order valence-electron chi connectivity index (χ2n) is 5.97. The molecule has 1 saturated carbocycles. The zero-order valence-electron chi connectivity index (χ0n) is 12.8. The molecule has 108 valence electrons. The van der Waals surface area contributed by atoms with E-state index in [2.05, 4.69) is 41.9 Å². The van der Waals surface area contributed by atoms with E-state index in [4.69, 9.17) is 0 Å². The lowest BCUT2D eigenvalue weighted by Gasteiger charge is -2.27. The van der Waals surface area contributed by atoms with Crippen LogP contribution in [0.15, 0.2) is 6.07 Å². The van der Waals surface area contributed by atoms with Crippen molar-refractivity contribution in [2.75, 3.05) is 6.54 Å². The second-order valence-corrected chi connectivity index (χ2v) is 5.97. The van der Waals surface area contributed by atoms with E-state index in [9.17, 15) is 0 Å². The fourth-order valence-electron chi connectivity index (χ4n) is 3.00. The molecule has 0 radical (unpaired) electrons. The van der Waals surface area contributed by atoms with Crippen molar-refractivity contribution in [2.45, 2.75) is 71.9 Å². The van der Waals surface area contributed by atoms with Crippen LogP contribution in [0.1, 0.15) is 57.8 Å². The Balaban J connectivity index is 1.77. The fraction of sp³-hybridized carbons (Fsp3) is 0.812. The van der Waals surface area contributed by atoms with Crippen molar-refractivity contribution < 1.29 is 0 Å². The lowest BCUT2D eigenvalue weighted by atomic mass is 9.87. The van der Waals surface area contributed by atoms with Gasteiger partial charge in [0.1, 0.15) is 0 Å². The Kier molecular flexibility index (Phi) is 5.44. The SMILES string of the molecule is CCc1cc(CC)n(CCNC2CCC(C)CC2)n1. The molecule has 3 nitrogen and oxygen atoms in total. The largest absolute Gasteiger partial charge is 0.312 e. The van der Waals surface area contributed by atoms with Crippen molar-refractivity contribution in [1.29, 1.82) is 0 Å². The van der Waals surface area contributed by atoms with Crippen LogP contribution in [-0.4, -0.2) is 22.4 Å². The number of rotatable bonds is 6. The van der Waals surface area contributed by atoms with Crippen molar-refractivity contribution in [3.8, 4) is 0 Å². The minimum absolute atomic E-state index is 0.738. The van der Waals surface area contributed by atoms with Crippen molar-refractivity contribution in [1.82, 2.24) is 15.1 Å². The monoisotopic (exact) mass is 263 g/mol. The van der Waals surface area contributed by atoms with Gasteiger partial charge < -0.3 is 5.32 Å². The van der Waals surface area contributed by atoms with Crippen LogP contribution >= 0.6 is 0 Å². The molecule has 1 aliphatic carbocycles. The lowest BCUT2D eigenvalue weighted by molar-refractivity contribution is 0.303. The highest BCUT2D eigenvalue weighted by molar-refractivity contribution is 5.10. The third-order valence-corrected chi connectivity index (χ3v) is 4.41. The van der Waals surface area contributed by atoms with Crippen molar-refractivity contribution in [3.05, 3.63) is 17.5 Å². The first-order chi connectivity index (χ1) is 9.22. The Bertz CT molecular complexity index is 375. The minimum Gasteiger partial charge on any atom is -0.312 e. The summed E-state index contributed by atoms with van der Waals surface area (Å²) in [6, 6.07) is 2.99. The highest BCUT2D eigenvalue weighted by Crippen LogP contribution is 2.23. The van der Waals surface area contributed by atoms with Gasteiger partial charge in [-0.15, -0.1) is 0 Å². The molecule has 2 rings (SSSR count). The first-order valence-electron chi connectivity index (χ1n) is 8.01. The Hall–Kier alpha value is -0.830. The molecule has 0 spiro atoms. The smallest absolute Gasteiger partial charge is 0.0624 e. The van der Waals surface area contributed by atoms with Crippen LogP contribution < -0.4 is 5.32 Å². The first kappa shape index (κ1) is 14.6. The molecule has 1 aromatic rings. The number of nitrogens with one attached hydrogen (secondary N) is 1. The van der Waals surface area contributed by atoms with Gasteiger partial charge in [-0.25, -0.2) is 0 Å². The maximum Gasteiger partial charge on any atom is 0.0624 e. The summed E-state index contributed by atoms with van der Waals surface area (Å²) in [5.74, 6) is 0.933. The van der Waals surface area contributed by atoms with Crippen LogP contribution in [0.25, 0.3) is 0 Å². The molecule has 0 unspecified atom stereocenters. The molecule has 0 atom stereocenters. The van der Waals surface area contributed by atoms with Gasteiger partial charge in [-0.2, -0.15) is 5.10 Å². The molecule has 1 N–H and O–H groups in total. The van der Waals surface area contributed by atoms with Crippen LogP contribution in [0.2, 0.25) is 0 Å². The number of hydrogen-bond acceptors (Lipinski definition) is 2. The fourth-order valence-corrected chi connectivity index (χ4v) is 3.00. The van der Waals surface area contributed by atoms with E-state index in [1.54, 1.807) is 0 Å². The van der Waals surface area contributed by atoms with Gasteiger partial charge in [0.2, 0.25) is 0 Å². The predicted octanol–water partition coefficient (Wildman–Crippen LogP) is 3.18. The second kappa shape index (κ2) is 7.09. The van der Waals surface area contributed by atoms with Gasteiger partial charge in [0.15, 0.2) is 0 Å². The molecule has 0 bridgehead atoms. The van der Waals surface area contributed by atoms with E-state index in [1.807, 2.05) is 0 Å². The van der Waals surface area contributed by atoms with Gasteiger partial charge in [-0.05, 0) is 50.5 Å². The topological polar surface area (TPSA) is 29.9 Å². The van der Waals surface area contributed by atoms with Gasteiger partial charge in [-0.3, -0.25) is 4.68 Å². The maximum absolute atomic E-state index is 4.67. The predicted molar refractivity (Wildman–Crippen MR) is 80.4 cm³/mol. The summed E-state index contributed by atoms with van der Waals surface area (Å²) in [5.41, 5.74) is 2.60. The van der Waals surface area contributed by atoms with Gasteiger partial charge in [0, 0.05) is 18.3 Å². The summed E-state index contributed by atoms with van der Waals surface area (Å²) in [6.07, 6.45) is 7.59. The minimum atomic E-state index is 0.738. The normalized spacial score (nSPS) is 23.7. The van der Waals surface area contributed by atoms with E-state index < -0.39 is 0 Å². The van der Waals surface area contributed by atoms with E-state index in [0.29, 0.717) is 0 Å². The van der Waals surface area contributed by atoms with Crippen molar-refractivity contribution >= 4 is 0 Å². The standard InChI is InChI=1S/C16H29N3/c1-4-14-12-16(5-2)19(18-14)11-10-17-15-8-6-13(3)7-9-15/h12-13,15,17H,4-11H2,1-3H3. The molecule has 1 heterocycles. The summed E-state index contributed by atoms with van der Waals surface area (Å²) >= 11 is 0. The van der Waals surface area contributed by atoms with Gasteiger partial charge in [0.05, 0.1) is 12.2 Å². The van der Waals surface area contributed by atoms with Gasteiger partial charge in [-0.1, -0.05) is 20.8 Å². The zero-order chi connectivity index (χ0) is 13.7. The molecule has 1 aromatic heterocycles. The van der Waals surface area contributed by atoms with Crippen molar-refractivity contribution in [2.24, 2.45) is 5.92 Å². The number of aryl methyl sites for hydroxylation is 2. The number of hydrogen-bond donors (Lipinski definition) is 1. The molecule has 0 saturated heterocycles. The molecular formula is C16H29N3. The molecule has 0 amide bonds. The Morgan fingerprint density at radius 2 is 1.95 bits per heavy atom. The highest BCUT2D eigenvalue weighted by atomic mass is 15.3. The lowest BCUT2D eigenvalue weighted by Crippen LogP contribution is -2.35. The van der Waals surface area contributed by atoms with E-state index >= 15 is 0 Å². The molecular weight excluding hydrogens is 234 g/mol. The summed E-state index contributed by atoms with van der Waals surface area (Å²) < 4.78 is 2.19. The van der Waals surface area contributed by atoms with E-state index in [0.717, 1.165) is 37.9 Å². The maximum atomic E-state index is 4.67. The highest BCUT2D eigenvalue weighted by Gasteiger charge is 2.17. The quantitative estimate of drug-likeness (QED) is 0.854. The summed E-state index contributed by atoms with van der Waals surface area (Å²) in [4.78, 5) is 0. The average Bonchev–Trinajstić information content (AvgIpc) is 2.83. The Labute approximate surface area is 117 Å². The molecule has 0 aromatic carbocycles. The number of nitrogens with zero attached hydrogens (tertiary/aromatic N) is 2. The van der Waals surface area contributed by atoms with Gasteiger partial charge in [0.25, 0.3) is 0 Å². The van der Waals surface area contributed by atoms with Crippen LogP contribution in [-0.2, 0) is 19.4 Å². The molecule has 0 aliphatic heterocycles. The Morgan fingerprint density at radius 1 is 1.21 bits per heavy atom. The molecule has 19 heavy (non-hydrogen) atoms. The zero-order valence-corrected chi connectivity index (χ0v) is 12.8. The van der Waals surface area contributed by atoms with Crippen LogP contribution in [0.3, 0.4) is 0 Å². The van der Waals surface area contributed by atoms with Crippen LogP contribution in [0, 0.1) is 5.92 Å². The van der Waals surface area contributed by atoms with Gasteiger partial charge >= 0.3 is 0 Å². The van der Waals surface area contributed by atoms with Crippen molar-refractivity contribution in [3.63, 3.8) is 0 Å². The summed E-state index contributed by atoms with van der Waals surface area (Å²) in [5, 5.41) is 8.38. The number of aromatic nitrogens is 2.